The lowest BCUT2D eigenvalue weighted by Gasteiger charge is -2.13. The van der Waals surface area contributed by atoms with Crippen LogP contribution in [0.4, 0.5) is 5.69 Å². The van der Waals surface area contributed by atoms with Gasteiger partial charge in [-0.3, -0.25) is 4.79 Å². The first-order valence-corrected chi connectivity index (χ1v) is 6.35. The number of nitrogens with two attached hydrogens (primary N) is 1. The van der Waals surface area contributed by atoms with E-state index in [2.05, 4.69) is 19.2 Å². The highest BCUT2D eigenvalue weighted by Gasteiger charge is 2.15. The molecule has 0 aliphatic carbocycles. The first-order valence-electron chi connectivity index (χ1n) is 6.35. The minimum absolute atomic E-state index is 0.169. The zero-order chi connectivity index (χ0) is 13.5. The van der Waals surface area contributed by atoms with Crippen LogP contribution < -0.4 is 15.8 Å². The largest absolute Gasteiger partial charge is 0.493 e. The lowest BCUT2D eigenvalue weighted by atomic mass is 10.1. The molecule has 1 aromatic carbocycles. The summed E-state index contributed by atoms with van der Waals surface area (Å²) in [5.41, 5.74) is 6.72. The quantitative estimate of drug-likeness (QED) is 0.762. The molecule has 4 heteroatoms. The van der Waals surface area contributed by atoms with Crippen molar-refractivity contribution in [3.8, 4) is 5.75 Å². The van der Waals surface area contributed by atoms with Gasteiger partial charge in [0.1, 0.15) is 11.3 Å². The van der Waals surface area contributed by atoms with Crippen molar-refractivity contribution in [2.45, 2.75) is 27.2 Å². The topological polar surface area (TPSA) is 64.3 Å². The van der Waals surface area contributed by atoms with Crippen LogP contribution in [0.3, 0.4) is 0 Å². The van der Waals surface area contributed by atoms with Gasteiger partial charge in [0.25, 0.3) is 5.91 Å². The fourth-order valence-electron chi connectivity index (χ4n) is 1.63. The molecule has 18 heavy (non-hydrogen) atoms. The van der Waals surface area contributed by atoms with Gasteiger partial charge in [-0.2, -0.15) is 0 Å². The first-order chi connectivity index (χ1) is 8.56. The number of nitrogens with one attached hydrogen (secondary N) is 1. The molecular formula is C14H22N2O2. The van der Waals surface area contributed by atoms with E-state index < -0.39 is 0 Å². The van der Waals surface area contributed by atoms with Crippen LogP contribution in [0.2, 0.25) is 0 Å². The molecule has 1 amide bonds. The third kappa shape index (κ3) is 3.95. The Balaban J connectivity index is 2.77. The Morgan fingerprint density at radius 2 is 2.17 bits per heavy atom. The maximum Gasteiger partial charge on any atom is 0.257 e. The Morgan fingerprint density at radius 1 is 1.44 bits per heavy atom. The van der Waals surface area contributed by atoms with Crippen molar-refractivity contribution in [2.24, 2.45) is 5.92 Å². The van der Waals surface area contributed by atoms with E-state index in [0.717, 1.165) is 6.42 Å². The van der Waals surface area contributed by atoms with Gasteiger partial charge in [-0.25, -0.2) is 0 Å². The second-order valence-electron chi connectivity index (χ2n) is 4.59. The van der Waals surface area contributed by atoms with Crippen LogP contribution in [-0.2, 0) is 0 Å². The molecule has 0 atom stereocenters. The van der Waals surface area contributed by atoms with Gasteiger partial charge in [-0.05, 0) is 31.4 Å². The van der Waals surface area contributed by atoms with E-state index in [1.807, 2.05) is 6.92 Å². The van der Waals surface area contributed by atoms with Crippen molar-refractivity contribution in [1.82, 2.24) is 5.32 Å². The fraction of sp³-hybridized carbons (Fsp3) is 0.500. The minimum Gasteiger partial charge on any atom is -0.493 e. The molecule has 0 saturated carbocycles. The van der Waals surface area contributed by atoms with Crippen molar-refractivity contribution in [2.75, 3.05) is 18.9 Å². The molecule has 4 nitrogen and oxygen atoms in total. The van der Waals surface area contributed by atoms with Crippen molar-refractivity contribution in [3.05, 3.63) is 23.8 Å². The first kappa shape index (κ1) is 14.4. The summed E-state index contributed by atoms with van der Waals surface area (Å²) >= 11 is 0. The number of hydrogen-bond donors (Lipinski definition) is 2. The number of nitrogen functional groups attached to an aromatic ring is 1. The van der Waals surface area contributed by atoms with E-state index in [4.69, 9.17) is 10.5 Å². The predicted octanol–water partition coefficient (Wildman–Crippen LogP) is 2.44. The molecule has 100 valence electrons. The summed E-state index contributed by atoms with van der Waals surface area (Å²) in [6, 6.07) is 5.25. The summed E-state index contributed by atoms with van der Waals surface area (Å²) in [6.45, 7) is 7.28. The Hall–Kier alpha value is -1.71. The molecule has 0 radical (unpaired) electrons. The predicted molar refractivity (Wildman–Crippen MR) is 73.8 cm³/mol. The van der Waals surface area contributed by atoms with E-state index in [9.17, 15) is 4.79 Å². The lowest BCUT2D eigenvalue weighted by molar-refractivity contribution is 0.0949. The van der Waals surface area contributed by atoms with Gasteiger partial charge >= 0.3 is 0 Å². The molecule has 0 bridgehead atoms. The number of carbonyl (C=O) groups is 1. The Labute approximate surface area is 109 Å². The van der Waals surface area contributed by atoms with E-state index in [1.165, 1.54) is 0 Å². The monoisotopic (exact) mass is 250 g/mol. The maximum atomic E-state index is 12.1. The number of ether oxygens (including phenoxy) is 1. The molecule has 3 N–H and O–H groups in total. The van der Waals surface area contributed by atoms with Gasteiger partial charge in [-0.15, -0.1) is 0 Å². The van der Waals surface area contributed by atoms with Crippen LogP contribution in [0, 0.1) is 5.92 Å². The average molecular weight is 250 g/mol. The number of carbonyl (C=O) groups excluding carboxylic acids is 1. The normalized spacial score (nSPS) is 10.4. The molecule has 1 aromatic rings. The Kier molecular flexibility index (Phi) is 5.49. The van der Waals surface area contributed by atoms with Crippen LogP contribution in [-0.4, -0.2) is 19.1 Å². The molecule has 0 aliphatic rings. The van der Waals surface area contributed by atoms with Gasteiger partial charge in [0.15, 0.2) is 0 Å². The SMILES string of the molecule is CCOc1cccc(N)c1C(=O)NCCC(C)C. The van der Waals surface area contributed by atoms with Crippen molar-refractivity contribution >= 4 is 11.6 Å². The van der Waals surface area contributed by atoms with Crippen molar-refractivity contribution in [3.63, 3.8) is 0 Å². The number of amides is 1. The molecule has 0 saturated heterocycles. The van der Waals surface area contributed by atoms with Gasteiger partial charge in [0.05, 0.1) is 6.61 Å². The maximum absolute atomic E-state index is 12.1. The van der Waals surface area contributed by atoms with Gasteiger partial charge in [-0.1, -0.05) is 19.9 Å². The summed E-state index contributed by atoms with van der Waals surface area (Å²) < 4.78 is 5.43. The third-order valence-corrected chi connectivity index (χ3v) is 2.59. The minimum atomic E-state index is -0.169. The van der Waals surface area contributed by atoms with Gasteiger partial charge < -0.3 is 15.8 Å². The molecule has 0 aliphatic heterocycles. The van der Waals surface area contributed by atoms with Gasteiger partial charge in [0, 0.05) is 12.2 Å². The molecule has 0 heterocycles. The molecular weight excluding hydrogens is 228 g/mol. The summed E-state index contributed by atoms with van der Waals surface area (Å²) in [6.07, 6.45) is 0.947. The van der Waals surface area contributed by atoms with Crippen LogP contribution >= 0.6 is 0 Å². The number of hydrogen-bond acceptors (Lipinski definition) is 3. The van der Waals surface area contributed by atoms with E-state index in [0.29, 0.717) is 36.1 Å². The molecule has 0 spiro atoms. The molecule has 0 aromatic heterocycles. The zero-order valence-electron chi connectivity index (χ0n) is 11.3. The van der Waals surface area contributed by atoms with Crippen molar-refractivity contribution < 1.29 is 9.53 Å². The highest BCUT2D eigenvalue weighted by atomic mass is 16.5. The zero-order valence-corrected chi connectivity index (χ0v) is 11.3. The van der Waals surface area contributed by atoms with Crippen LogP contribution in [0.1, 0.15) is 37.6 Å². The highest BCUT2D eigenvalue weighted by molar-refractivity contribution is 6.01. The lowest BCUT2D eigenvalue weighted by Crippen LogP contribution is -2.26. The third-order valence-electron chi connectivity index (χ3n) is 2.59. The number of anilines is 1. The number of benzene rings is 1. The van der Waals surface area contributed by atoms with Crippen LogP contribution in [0.25, 0.3) is 0 Å². The standard InChI is InChI=1S/C14H22N2O2/c1-4-18-12-7-5-6-11(15)13(12)14(17)16-9-8-10(2)3/h5-7,10H,4,8-9,15H2,1-3H3,(H,16,17). The number of rotatable bonds is 6. The van der Waals surface area contributed by atoms with Crippen molar-refractivity contribution in [1.29, 1.82) is 0 Å². The second-order valence-corrected chi connectivity index (χ2v) is 4.59. The Morgan fingerprint density at radius 3 is 2.78 bits per heavy atom. The average Bonchev–Trinajstić information content (AvgIpc) is 2.28. The van der Waals surface area contributed by atoms with Crippen LogP contribution in [0.15, 0.2) is 18.2 Å². The molecule has 0 unspecified atom stereocenters. The molecule has 0 fully saturated rings. The summed E-state index contributed by atoms with van der Waals surface area (Å²) in [4.78, 5) is 12.1. The van der Waals surface area contributed by atoms with E-state index in [1.54, 1.807) is 18.2 Å². The fourth-order valence-corrected chi connectivity index (χ4v) is 1.63. The molecule has 1 rings (SSSR count). The second kappa shape index (κ2) is 6.89. The summed E-state index contributed by atoms with van der Waals surface area (Å²) in [5, 5.41) is 2.87. The van der Waals surface area contributed by atoms with Gasteiger partial charge in [0.2, 0.25) is 0 Å². The van der Waals surface area contributed by atoms with E-state index >= 15 is 0 Å². The smallest absolute Gasteiger partial charge is 0.257 e. The Bertz CT molecular complexity index is 403. The summed E-state index contributed by atoms with van der Waals surface area (Å²) in [7, 11) is 0. The van der Waals surface area contributed by atoms with E-state index in [-0.39, 0.29) is 5.91 Å². The highest BCUT2D eigenvalue weighted by Crippen LogP contribution is 2.24. The summed E-state index contributed by atoms with van der Waals surface area (Å²) in [5.74, 6) is 0.932. The van der Waals surface area contributed by atoms with Crippen LogP contribution in [0.5, 0.6) is 5.75 Å².